The largest absolute Gasteiger partial charge is 0.508 e. The van der Waals surface area contributed by atoms with Crippen molar-refractivity contribution in [3.8, 4) is 11.5 Å². The Labute approximate surface area is 177 Å². The lowest BCUT2D eigenvalue weighted by atomic mass is 9.98. The first-order valence-corrected chi connectivity index (χ1v) is 11.4. The molecule has 0 aliphatic carbocycles. The Hall–Kier alpha value is -2.33. The molecule has 0 radical (unpaired) electrons. The van der Waals surface area contributed by atoms with Gasteiger partial charge in [0.2, 0.25) is 10.0 Å². The summed E-state index contributed by atoms with van der Waals surface area (Å²) in [6, 6.07) is 12.6. The smallest absolute Gasteiger partial charge is 0.243 e. The van der Waals surface area contributed by atoms with Crippen molar-refractivity contribution in [1.82, 2.24) is 9.62 Å². The molecular formula is C21H29N3O5S. The van der Waals surface area contributed by atoms with E-state index in [0.29, 0.717) is 43.5 Å². The maximum Gasteiger partial charge on any atom is 0.243 e. The Morgan fingerprint density at radius 1 is 1.10 bits per heavy atom. The van der Waals surface area contributed by atoms with Crippen molar-refractivity contribution < 1.29 is 23.4 Å². The highest BCUT2D eigenvalue weighted by atomic mass is 32.2. The molecule has 1 aliphatic rings. The summed E-state index contributed by atoms with van der Waals surface area (Å²) in [4.78, 5) is 0.269. The van der Waals surface area contributed by atoms with Gasteiger partial charge in [-0.15, -0.1) is 0 Å². The standard InChI is InChI=1S/C21H29N3O5S/c22-17-1-7-21(8-2-17)30(27,28)24-11-9-16(10-12-24)13-23-14-19(26)15-29-20-5-3-18(25)4-6-20/h1-8,16,19,23,25-26H,9-15,22H2/t19-/m0/s1. The van der Waals surface area contributed by atoms with Gasteiger partial charge in [0.25, 0.3) is 0 Å². The molecule has 0 amide bonds. The van der Waals surface area contributed by atoms with E-state index in [1.165, 1.54) is 16.4 Å². The number of phenols is 1. The van der Waals surface area contributed by atoms with E-state index in [1.807, 2.05) is 0 Å². The number of rotatable bonds is 9. The van der Waals surface area contributed by atoms with Gasteiger partial charge in [0.15, 0.2) is 0 Å². The average Bonchev–Trinajstić information content (AvgIpc) is 2.74. The van der Waals surface area contributed by atoms with Crippen molar-refractivity contribution in [2.75, 3.05) is 38.5 Å². The van der Waals surface area contributed by atoms with Gasteiger partial charge in [-0.05, 0) is 73.8 Å². The summed E-state index contributed by atoms with van der Waals surface area (Å²) in [5.41, 5.74) is 6.17. The monoisotopic (exact) mass is 435 g/mol. The summed E-state index contributed by atoms with van der Waals surface area (Å²) in [7, 11) is -3.49. The molecule has 3 rings (SSSR count). The third-order valence-electron chi connectivity index (χ3n) is 5.18. The van der Waals surface area contributed by atoms with Crippen LogP contribution in [0.2, 0.25) is 0 Å². The average molecular weight is 436 g/mol. The first kappa shape index (κ1) is 22.4. The summed E-state index contributed by atoms with van der Waals surface area (Å²) < 4.78 is 32.5. The number of hydrogen-bond donors (Lipinski definition) is 4. The van der Waals surface area contributed by atoms with Gasteiger partial charge in [0.05, 0.1) is 4.90 Å². The van der Waals surface area contributed by atoms with E-state index >= 15 is 0 Å². The number of aliphatic hydroxyl groups is 1. The molecule has 30 heavy (non-hydrogen) atoms. The fourth-order valence-corrected chi connectivity index (χ4v) is 4.86. The molecule has 0 aromatic heterocycles. The van der Waals surface area contributed by atoms with Gasteiger partial charge in [-0.2, -0.15) is 4.31 Å². The van der Waals surface area contributed by atoms with Gasteiger partial charge in [-0.25, -0.2) is 8.42 Å². The minimum Gasteiger partial charge on any atom is -0.508 e. The highest BCUT2D eigenvalue weighted by molar-refractivity contribution is 7.89. The van der Waals surface area contributed by atoms with Crippen LogP contribution in [0.5, 0.6) is 11.5 Å². The number of phenolic OH excluding ortho intramolecular Hbond substituents is 1. The molecule has 8 nitrogen and oxygen atoms in total. The van der Waals surface area contributed by atoms with Crippen molar-refractivity contribution >= 4 is 15.7 Å². The van der Waals surface area contributed by atoms with Crippen LogP contribution < -0.4 is 15.8 Å². The highest BCUT2D eigenvalue weighted by Gasteiger charge is 2.29. The SMILES string of the molecule is Nc1ccc(S(=O)(=O)N2CCC(CNC[C@H](O)COc3ccc(O)cc3)CC2)cc1. The lowest BCUT2D eigenvalue weighted by molar-refractivity contribution is 0.104. The topological polar surface area (TPSA) is 125 Å². The second-order valence-corrected chi connectivity index (χ2v) is 9.47. The normalized spacial score (nSPS) is 17.0. The number of hydrogen-bond acceptors (Lipinski definition) is 7. The number of ether oxygens (including phenoxy) is 1. The van der Waals surface area contributed by atoms with E-state index < -0.39 is 16.1 Å². The molecule has 164 valence electrons. The van der Waals surface area contributed by atoms with Crippen molar-refractivity contribution in [3.05, 3.63) is 48.5 Å². The van der Waals surface area contributed by atoms with Gasteiger partial charge in [0, 0.05) is 25.3 Å². The molecule has 1 saturated heterocycles. The predicted molar refractivity (Wildman–Crippen MR) is 115 cm³/mol. The van der Waals surface area contributed by atoms with Crippen LogP contribution in [0.25, 0.3) is 0 Å². The van der Waals surface area contributed by atoms with Crippen LogP contribution in [0.15, 0.2) is 53.4 Å². The maximum atomic E-state index is 12.7. The van der Waals surface area contributed by atoms with Gasteiger partial charge >= 0.3 is 0 Å². The number of anilines is 1. The number of sulfonamides is 1. The van der Waals surface area contributed by atoms with E-state index in [-0.39, 0.29) is 17.3 Å². The van der Waals surface area contributed by atoms with Crippen LogP contribution in [-0.2, 0) is 10.0 Å². The van der Waals surface area contributed by atoms with Crippen molar-refractivity contribution in [2.24, 2.45) is 5.92 Å². The number of aromatic hydroxyl groups is 1. The van der Waals surface area contributed by atoms with E-state index in [4.69, 9.17) is 10.5 Å². The molecule has 1 aliphatic heterocycles. The molecule has 5 N–H and O–H groups in total. The number of nitrogens with zero attached hydrogens (tertiary/aromatic N) is 1. The number of nitrogen functional groups attached to an aromatic ring is 1. The summed E-state index contributed by atoms with van der Waals surface area (Å²) in [5.74, 6) is 1.10. The summed E-state index contributed by atoms with van der Waals surface area (Å²) in [5, 5.41) is 22.5. The van der Waals surface area contributed by atoms with Gasteiger partial charge in [0.1, 0.15) is 24.2 Å². The number of benzene rings is 2. The number of nitrogens with two attached hydrogens (primary N) is 1. The van der Waals surface area contributed by atoms with Crippen LogP contribution >= 0.6 is 0 Å². The molecular weight excluding hydrogens is 406 g/mol. The highest BCUT2D eigenvalue weighted by Crippen LogP contribution is 2.24. The van der Waals surface area contributed by atoms with Crippen molar-refractivity contribution in [1.29, 1.82) is 0 Å². The van der Waals surface area contributed by atoms with E-state index in [2.05, 4.69) is 5.32 Å². The number of aliphatic hydroxyl groups excluding tert-OH is 1. The van der Waals surface area contributed by atoms with E-state index in [0.717, 1.165) is 12.8 Å². The van der Waals surface area contributed by atoms with Crippen LogP contribution in [0.1, 0.15) is 12.8 Å². The Morgan fingerprint density at radius 2 is 1.73 bits per heavy atom. The van der Waals surface area contributed by atoms with Crippen molar-refractivity contribution in [2.45, 2.75) is 23.8 Å². The second-order valence-electron chi connectivity index (χ2n) is 7.53. The fraction of sp³-hybridized carbons (Fsp3) is 0.429. The molecule has 0 spiro atoms. The Balaban J connectivity index is 1.36. The molecule has 0 saturated carbocycles. The van der Waals surface area contributed by atoms with E-state index in [9.17, 15) is 18.6 Å². The van der Waals surface area contributed by atoms with E-state index in [1.54, 1.807) is 36.4 Å². The minimum atomic E-state index is -3.49. The first-order chi connectivity index (χ1) is 14.3. The summed E-state index contributed by atoms with van der Waals surface area (Å²) in [6.45, 7) is 2.21. The fourth-order valence-electron chi connectivity index (χ4n) is 3.39. The lowest BCUT2D eigenvalue weighted by Gasteiger charge is -2.31. The number of piperidine rings is 1. The zero-order chi connectivity index (χ0) is 21.6. The molecule has 2 aromatic rings. The molecule has 2 aromatic carbocycles. The lowest BCUT2D eigenvalue weighted by Crippen LogP contribution is -2.42. The third kappa shape index (κ3) is 6.09. The quantitative estimate of drug-likeness (QED) is 0.439. The van der Waals surface area contributed by atoms with Gasteiger partial charge in [-0.1, -0.05) is 0 Å². The molecule has 0 unspecified atom stereocenters. The van der Waals surface area contributed by atoms with Crippen LogP contribution in [0, 0.1) is 5.92 Å². The Kier molecular flexibility index (Phi) is 7.54. The Bertz CT molecular complexity index is 895. The zero-order valence-electron chi connectivity index (χ0n) is 16.8. The van der Waals surface area contributed by atoms with Crippen LogP contribution in [-0.4, -0.2) is 61.8 Å². The van der Waals surface area contributed by atoms with Crippen molar-refractivity contribution in [3.63, 3.8) is 0 Å². The third-order valence-corrected chi connectivity index (χ3v) is 7.10. The molecule has 1 fully saturated rings. The molecule has 9 heteroatoms. The van der Waals surface area contributed by atoms with Crippen LogP contribution in [0.4, 0.5) is 5.69 Å². The second kappa shape index (κ2) is 10.1. The predicted octanol–water partition coefficient (Wildman–Crippen LogP) is 1.40. The molecule has 1 heterocycles. The minimum absolute atomic E-state index is 0.149. The summed E-state index contributed by atoms with van der Waals surface area (Å²) >= 11 is 0. The first-order valence-electron chi connectivity index (χ1n) is 10.0. The zero-order valence-corrected chi connectivity index (χ0v) is 17.6. The molecule has 0 bridgehead atoms. The van der Waals surface area contributed by atoms with Crippen LogP contribution in [0.3, 0.4) is 0 Å². The maximum absolute atomic E-state index is 12.7. The van der Waals surface area contributed by atoms with Gasteiger partial charge < -0.3 is 26.0 Å². The number of nitrogens with one attached hydrogen (secondary N) is 1. The Morgan fingerprint density at radius 3 is 2.37 bits per heavy atom. The molecule has 1 atom stereocenters. The van der Waals surface area contributed by atoms with Gasteiger partial charge in [-0.3, -0.25) is 0 Å². The summed E-state index contributed by atoms with van der Waals surface area (Å²) in [6.07, 6.45) is 0.868.